The van der Waals surface area contributed by atoms with E-state index in [-0.39, 0.29) is 22.5 Å². The SMILES string of the molecule is CN(C(=O)c1c(F)cccc1Cl)C1CCCCCC1. The molecular formula is C15H19ClFNO. The first kappa shape index (κ1) is 14.3. The molecule has 0 aliphatic heterocycles. The maximum Gasteiger partial charge on any atom is 0.258 e. The second kappa shape index (κ2) is 6.38. The van der Waals surface area contributed by atoms with Crippen LogP contribution in [0.4, 0.5) is 4.39 Å². The van der Waals surface area contributed by atoms with Crippen molar-refractivity contribution in [2.24, 2.45) is 0 Å². The molecule has 1 saturated carbocycles. The Morgan fingerprint density at radius 2 is 1.89 bits per heavy atom. The van der Waals surface area contributed by atoms with Gasteiger partial charge in [-0.15, -0.1) is 0 Å². The lowest BCUT2D eigenvalue weighted by Crippen LogP contribution is -2.37. The summed E-state index contributed by atoms with van der Waals surface area (Å²) in [7, 11) is 1.75. The molecule has 0 heterocycles. The number of amides is 1. The summed E-state index contributed by atoms with van der Waals surface area (Å²) in [5, 5.41) is 0.186. The van der Waals surface area contributed by atoms with Gasteiger partial charge in [0.05, 0.1) is 10.6 Å². The molecule has 1 amide bonds. The fourth-order valence-electron chi connectivity index (χ4n) is 2.69. The monoisotopic (exact) mass is 283 g/mol. The maximum absolute atomic E-state index is 13.8. The lowest BCUT2D eigenvalue weighted by Gasteiger charge is -2.27. The van der Waals surface area contributed by atoms with Crippen LogP contribution in [0.3, 0.4) is 0 Å². The summed E-state index contributed by atoms with van der Waals surface area (Å²) >= 11 is 5.95. The molecule has 2 rings (SSSR count). The number of hydrogen-bond donors (Lipinski definition) is 0. The average Bonchev–Trinajstić information content (AvgIpc) is 2.66. The first-order valence-electron chi connectivity index (χ1n) is 6.82. The third-order valence-electron chi connectivity index (χ3n) is 3.87. The molecule has 0 aromatic heterocycles. The van der Waals surface area contributed by atoms with Crippen LogP contribution >= 0.6 is 11.6 Å². The van der Waals surface area contributed by atoms with Gasteiger partial charge in [-0.3, -0.25) is 4.79 Å². The van der Waals surface area contributed by atoms with Crippen LogP contribution < -0.4 is 0 Å². The fraction of sp³-hybridized carbons (Fsp3) is 0.533. The van der Waals surface area contributed by atoms with Gasteiger partial charge in [-0.2, -0.15) is 0 Å². The van der Waals surface area contributed by atoms with E-state index in [1.165, 1.54) is 25.0 Å². The van der Waals surface area contributed by atoms with E-state index < -0.39 is 5.82 Å². The Morgan fingerprint density at radius 1 is 1.26 bits per heavy atom. The smallest absolute Gasteiger partial charge is 0.258 e. The minimum atomic E-state index is -0.544. The fourth-order valence-corrected chi connectivity index (χ4v) is 2.93. The van der Waals surface area contributed by atoms with E-state index in [0.29, 0.717) is 0 Å². The van der Waals surface area contributed by atoms with E-state index in [9.17, 15) is 9.18 Å². The Morgan fingerprint density at radius 3 is 2.47 bits per heavy atom. The zero-order chi connectivity index (χ0) is 13.8. The van der Waals surface area contributed by atoms with Crippen LogP contribution in [-0.2, 0) is 0 Å². The molecule has 0 bridgehead atoms. The Balaban J connectivity index is 2.18. The third-order valence-corrected chi connectivity index (χ3v) is 4.18. The summed E-state index contributed by atoms with van der Waals surface area (Å²) in [4.78, 5) is 14.1. The van der Waals surface area contributed by atoms with E-state index in [2.05, 4.69) is 0 Å². The molecule has 0 saturated heterocycles. The van der Waals surface area contributed by atoms with Crippen molar-refractivity contribution in [2.45, 2.75) is 44.6 Å². The number of benzene rings is 1. The number of halogens is 2. The zero-order valence-electron chi connectivity index (χ0n) is 11.2. The predicted octanol–water partition coefficient (Wildman–Crippen LogP) is 4.27. The van der Waals surface area contributed by atoms with Crippen molar-refractivity contribution < 1.29 is 9.18 Å². The number of hydrogen-bond acceptors (Lipinski definition) is 1. The van der Waals surface area contributed by atoms with Gasteiger partial charge in [0.15, 0.2) is 0 Å². The van der Waals surface area contributed by atoms with Crippen LogP contribution in [0.2, 0.25) is 5.02 Å². The molecule has 0 N–H and O–H groups in total. The van der Waals surface area contributed by atoms with Crippen molar-refractivity contribution in [2.75, 3.05) is 7.05 Å². The van der Waals surface area contributed by atoms with E-state index in [1.807, 2.05) is 0 Å². The van der Waals surface area contributed by atoms with Gasteiger partial charge in [0.2, 0.25) is 0 Å². The van der Waals surface area contributed by atoms with E-state index >= 15 is 0 Å². The van der Waals surface area contributed by atoms with Crippen molar-refractivity contribution >= 4 is 17.5 Å². The summed E-state index contributed by atoms with van der Waals surface area (Å²) in [5.74, 6) is -0.854. The van der Waals surface area contributed by atoms with E-state index in [4.69, 9.17) is 11.6 Å². The van der Waals surface area contributed by atoms with E-state index in [1.54, 1.807) is 18.0 Å². The second-order valence-electron chi connectivity index (χ2n) is 5.16. The number of nitrogens with zero attached hydrogens (tertiary/aromatic N) is 1. The third kappa shape index (κ3) is 3.27. The molecule has 1 aromatic rings. The van der Waals surface area contributed by atoms with Crippen LogP contribution in [0.25, 0.3) is 0 Å². The summed E-state index contributed by atoms with van der Waals surface area (Å²) < 4.78 is 13.8. The Hall–Kier alpha value is -1.09. The first-order valence-corrected chi connectivity index (χ1v) is 7.20. The molecule has 0 unspecified atom stereocenters. The zero-order valence-corrected chi connectivity index (χ0v) is 11.9. The average molecular weight is 284 g/mol. The second-order valence-corrected chi connectivity index (χ2v) is 5.57. The molecule has 2 nitrogen and oxygen atoms in total. The predicted molar refractivity (Wildman–Crippen MR) is 75.0 cm³/mol. The highest BCUT2D eigenvalue weighted by Gasteiger charge is 2.25. The van der Waals surface area contributed by atoms with Gasteiger partial charge in [-0.1, -0.05) is 43.4 Å². The van der Waals surface area contributed by atoms with Gasteiger partial charge in [-0.25, -0.2) is 4.39 Å². The lowest BCUT2D eigenvalue weighted by atomic mass is 10.1. The quantitative estimate of drug-likeness (QED) is 0.742. The Labute approximate surface area is 118 Å². The Bertz CT molecular complexity index is 435. The highest BCUT2D eigenvalue weighted by Crippen LogP contribution is 2.25. The largest absolute Gasteiger partial charge is 0.339 e. The van der Waals surface area contributed by atoms with Crippen molar-refractivity contribution in [3.63, 3.8) is 0 Å². The molecule has 0 atom stereocenters. The molecule has 1 fully saturated rings. The number of carbonyl (C=O) groups is 1. The van der Waals surface area contributed by atoms with Crippen LogP contribution in [-0.4, -0.2) is 23.9 Å². The minimum absolute atomic E-state index is 0.00378. The molecule has 104 valence electrons. The molecule has 0 radical (unpaired) electrons. The number of carbonyl (C=O) groups excluding carboxylic acids is 1. The summed E-state index contributed by atoms with van der Waals surface area (Å²) in [5.41, 5.74) is -0.00378. The summed E-state index contributed by atoms with van der Waals surface area (Å²) in [6, 6.07) is 4.55. The molecule has 1 aliphatic carbocycles. The molecule has 1 aromatic carbocycles. The van der Waals surface area contributed by atoms with E-state index in [0.717, 1.165) is 25.7 Å². The minimum Gasteiger partial charge on any atom is -0.339 e. The van der Waals surface area contributed by atoms with Crippen LogP contribution in [0.15, 0.2) is 18.2 Å². The van der Waals surface area contributed by atoms with Gasteiger partial charge in [-0.05, 0) is 25.0 Å². The maximum atomic E-state index is 13.8. The topological polar surface area (TPSA) is 20.3 Å². The van der Waals surface area contributed by atoms with Crippen molar-refractivity contribution in [3.05, 3.63) is 34.6 Å². The van der Waals surface area contributed by atoms with Crippen LogP contribution in [0, 0.1) is 5.82 Å². The number of rotatable bonds is 2. The molecule has 1 aliphatic rings. The Kier molecular flexibility index (Phi) is 4.81. The van der Waals surface area contributed by atoms with Crippen molar-refractivity contribution in [1.82, 2.24) is 4.90 Å². The standard InChI is InChI=1S/C15H19ClFNO/c1-18(11-7-4-2-3-5-8-11)15(19)14-12(16)9-6-10-13(14)17/h6,9-11H,2-5,7-8H2,1H3. The summed E-state index contributed by atoms with van der Waals surface area (Å²) in [6.45, 7) is 0. The van der Waals surface area contributed by atoms with Crippen LogP contribution in [0.5, 0.6) is 0 Å². The highest BCUT2D eigenvalue weighted by atomic mass is 35.5. The van der Waals surface area contributed by atoms with Crippen LogP contribution in [0.1, 0.15) is 48.9 Å². The molecule has 4 heteroatoms. The van der Waals surface area contributed by atoms with Crippen molar-refractivity contribution in [1.29, 1.82) is 0 Å². The van der Waals surface area contributed by atoms with Gasteiger partial charge in [0, 0.05) is 13.1 Å². The van der Waals surface area contributed by atoms with Gasteiger partial charge < -0.3 is 4.90 Å². The summed E-state index contributed by atoms with van der Waals surface area (Å²) in [6.07, 6.45) is 6.70. The first-order chi connectivity index (χ1) is 9.11. The molecular weight excluding hydrogens is 265 g/mol. The molecule has 0 spiro atoms. The van der Waals surface area contributed by atoms with Crippen molar-refractivity contribution in [3.8, 4) is 0 Å². The lowest BCUT2D eigenvalue weighted by molar-refractivity contribution is 0.0713. The normalized spacial score (nSPS) is 17.0. The highest BCUT2D eigenvalue weighted by molar-refractivity contribution is 6.33. The van der Waals surface area contributed by atoms with Gasteiger partial charge in [0.1, 0.15) is 5.82 Å². The van der Waals surface area contributed by atoms with Gasteiger partial charge in [0.25, 0.3) is 5.91 Å². The van der Waals surface area contributed by atoms with Gasteiger partial charge >= 0.3 is 0 Å². The molecule has 19 heavy (non-hydrogen) atoms.